The molecular weight excluding hydrogens is 344 g/mol. The number of nitrogens with two attached hydrogens (primary N) is 1. The maximum Gasteiger partial charge on any atom is 0.239 e. The topological polar surface area (TPSA) is 93.5 Å². The number of nitrogens with zero attached hydrogens (tertiary/aromatic N) is 2. The molecule has 1 aromatic heterocycles. The molecule has 0 unspecified atom stereocenters. The Labute approximate surface area is 158 Å². The van der Waals surface area contributed by atoms with Gasteiger partial charge in [-0.2, -0.15) is 0 Å². The van der Waals surface area contributed by atoms with Gasteiger partial charge in [0.15, 0.2) is 0 Å². The van der Waals surface area contributed by atoms with E-state index < -0.39 is 6.04 Å². The summed E-state index contributed by atoms with van der Waals surface area (Å²) in [6.07, 6.45) is 6.25. The van der Waals surface area contributed by atoms with Crippen LogP contribution in [0.15, 0.2) is 30.7 Å². The van der Waals surface area contributed by atoms with Gasteiger partial charge in [-0.1, -0.05) is 6.07 Å². The minimum absolute atomic E-state index is 0.00906. The van der Waals surface area contributed by atoms with Crippen LogP contribution in [-0.4, -0.2) is 53.6 Å². The van der Waals surface area contributed by atoms with Crippen molar-refractivity contribution in [3.8, 4) is 5.75 Å². The SMILES string of the molecule is COc1ccc2c(c1)CCOC21CCN(C(=O)[C@@H](N)Cc2cnc[nH]2)CC1. The van der Waals surface area contributed by atoms with Crippen molar-refractivity contribution in [3.05, 3.63) is 47.5 Å². The molecular formula is C20H26N4O3. The zero-order chi connectivity index (χ0) is 18.9. The lowest BCUT2D eigenvalue weighted by Crippen LogP contribution is -2.52. The van der Waals surface area contributed by atoms with E-state index in [4.69, 9.17) is 15.2 Å². The van der Waals surface area contributed by atoms with Gasteiger partial charge in [0.2, 0.25) is 5.91 Å². The third kappa shape index (κ3) is 3.44. The first-order valence-electron chi connectivity index (χ1n) is 9.44. The number of aromatic nitrogens is 2. The molecule has 0 radical (unpaired) electrons. The van der Waals surface area contributed by atoms with E-state index in [0.29, 0.717) is 26.1 Å². The number of hydrogen-bond donors (Lipinski definition) is 2. The van der Waals surface area contributed by atoms with Crippen LogP contribution in [0.25, 0.3) is 0 Å². The molecule has 2 aliphatic heterocycles. The summed E-state index contributed by atoms with van der Waals surface area (Å²) in [6, 6.07) is 5.67. The van der Waals surface area contributed by atoms with Crippen molar-refractivity contribution in [3.63, 3.8) is 0 Å². The molecule has 2 aliphatic rings. The molecule has 4 rings (SSSR count). The molecule has 0 bridgehead atoms. The molecule has 3 N–H and O–H groups in total. The highest BCUT2D eigenvalue weighted by Crippen LogP contribution is 2.42. The van der Waals surface area contributed by atoms with E-state index in [1.165, 1.54) is 11.1 Å². The van der Waals surface area contributed by atoms with Crippen LogP contribution in [0.3, 0.4) is 0 Å². The zero-order valence-electron chi connectivity index (χ0n) is 15.6. The third-order valence-corrected chi connectivity index (χ3v) is 5.75. The minimum atomic E-state index is -0.552. The summed E-state index contributed by atoms with van der Waals surface area (Å²) in [6.45, 7) is 2.01. The second kappa shape index (κ2) is 7.32. The van der Waals surface area contributed by atoms with Crippen molar-refractivity contribution < 1.29 is 14.3 Å². The molecule has 7 heteroatoms. The highest BCUT2D eigenvalue weighted by molar-refractivity contribution is 5.82. The first-order valence-corrected chi connectivity index (χ1v) is 9.44. The largest absolute Gasteiger partial charge is 0.497 e. The predicted molar refractivity (Wildman–Crippen MR) is 100 cm³/mol. The van der Waals surface area contributed by atoms with Gasteiger partial charge in [-0.05, 0) is 42.5 Å². The van der Waals surface area contributed by atoms with Crippen LogP contribution in [0.5, 0.6) is 5.75 Å². The number of ether oxygens (including phenoxy) is 2. The molecule has 1 fully saturated rings. The lowest BCUT2D eigenvalue weighted by atomic mass is 9.79. The molecule has 1 saturated heterocycles. The minimum Gasteiger partial charge on any atom is -0.497 e. The number of hydrogen-bond acceptors (Lipinski definition) is 5. The highest BCUT2D eigenvalue weighted by Gasteiger charge is 2.42. The zero-order valence-corrected chi connectivity index (χ0v) is 15.6. The Bertz CT molecular complexity index is 798. The molecule has 144 valence electrons. The van der Waals surface area contributed by atoms with Crippen LogP contribution in [0, 0.1) is 0 Å². The number of methoxy groups -OCH3 is 1. The van der Waals surface area contributed by atoms with Gasteiger partial charge < -0.3 is 25.1 Å². The van der Waals surface area contributed by atoms with Gasteiger partial charge in [0.05, 0.1) is 31.7 Å². The summed E-state index contributed by atoms with van der Waals surface area (Å²) >= 11 is 0. The summed E-state index contributed by atoms with van der Waals surface area (Å²) < 4.78 is 11.6. The predicted octanol–water partition coefficient (Wildman–Crippen LogP) is 1.38. The fourth-order valence-corrected chi connectivity index (χ4v) is 4.24. The summed E-state index contributed by atoms with van der Waals surface area (Å²) in [5.74, 6) is 0.869. The van der Waals surface area contributed by atoms with Gasteiger partial charge in [0, 0.05) is 31.4 Å². The van der Waals surface area contributed by atoms with Gasteiger partial charge in [-0.15, -0.1) is 0 Å². The van der Waals surface area contributed by atoms with Crippen molar-refractivity contribution in [2.45, 2.75) is 37.3 Å². The van der Waals surface area contributed by atoms with Gasteiger partial charge >= 0.3 is 0 Å². The Morgan fingerprint density at radius 1 is 1.44 bits per heavy atom. The number of amides is 1. The standard InChI is InChI=1S/C20H26N4O3/c1-26-16-2-3-17-14(10-16)4-9-27-20(17)5-7-24(8-6-20)19(25)18(21)11-15-12-22-13-23-15/h2-3,10,12-13,18H,4-9,11,21H2,1H3,(H,22,23)/t18-/m0/s1. The Balaban J connectivity index is 1.44. The average Bonchev–Trinajstić information content (AvgIpc) is 3.21. The normalized spacial score (nSPS) is 19.6. The molecule has 3 heterocycles. The third-order valence-electron chi connectivity index (χ3n) is 5.75. The van der Waals surface area contributed by atoms with Crippen LogP contribution in [0.1, 0.15) is 29.7 Å². The van der Waals surface area contributed by atoms with Gasteiger partial charge in [0.25, 0.3) is 0 Å². The Morgan fingerprint density at radius 2 is 2.26 bits per heavy atom. The monoisotopic (exact) mass is 370 g/mol. The number of carbonyl (C=O) groups excluding carboxylic acids is 1. The maximum absolute atomic E-state index is 12.7. The molecule has 1 spiro atoms. The first kappa shape index (κ1) is 18.0. The second-order valence-corrected chi connectivity index (χ2v) is 7.33. The summed E-state index contributed by atoms with van der Waals surface area (Å²) in [7, 11) is 1.69. The highest BCUT2D eigenvalue weighted by atomic mass is 16.5. The van der Waals surface area contributed by atoms with Crippen LogP contribution in [0.4, 0.5) is 0 Å². The Kier molecular flexibility index (Phi) is 4.88. The van der Waals surface area contributed by atoms with Crippen LogP contribution < -0.4 is 10.5 Å². The van der Waals surface area contributed by atoms with E-state index in [-0.39, 0.29) is 11.5 Å². The lowest BCUT2D eigenvalue weighted by Gasteiger charge is -2.45. The van der Waals surface area contributed by atoms with Crippen LogP contribution in [0.2, 0.25) is 0 Å². The van der Waals surface area contributed by atoms with Crippen molar-refractivity contribution >= 4 is 5.91 Å². The van der Waals surface area contributed by atoms with Crippen molar-refractivity contribution in [2.24, 2.45) is 5.73 Å². The molecule has 1 atom stereocenters. The summed E-state index contributed by atoms with van der Waals surface area (Å²) in [5, 5.41) is 0. The van der Waals surface area contributed by atoms with E-state index in [1.54, 1.807) is 19.6 Å². The molecule has 0 saturated carbocycles. The average molecular weight is 370 g/mol. The maximum atomic E-state index is 12.7. The molecule has 1 aromatic carbocycles. The number of likely N-dealkylation sites (tertiary alicyclic amines) is 1. The number of nitrogens with one attached hydrogen (secondary N) is 1. The number of piperidine rings is 1. The van der Waals surface area contributed by atoms with E-state index in [0.717, 1.165) is 30.7 Å². The quantitative estimate of drug-likeness (QED) is 0.848. The number of imidazole rings is 1. The summed E-state index contributed by atoms with van der Waals surface area (Å²) in [5.41, 5.74) is 9.24. The van der Waals surface area contributed by atoms with Crippen molar-refractivity contribution in [2.75, 3.05) is 26.8 Å². The van der Waals surface area contributed by atoms with E-state index >= 15 is 0 Å². The fraction of sp³-hybridized carbons (Fsp3) is 0.500. The van der Waals surface area contributed by atoms with E-state index in [1.807, 2.05) is 11.0 Å². The van der Waals surface area contributed by atoms with Crippen molar-refractivity contribution in [1.82, 2.24) is 14.9 Å². The van der Waals surface area contributed by atoms with E-state index in [2.05, 4.69) is 22.1 Å². The Morgan fingerprint density at radius 3 is 2.96 bits per heavy atom. The Hall–Kier alpha value is -2.38. The number of carbonyl (C=O) groups is 1. The number of benzene rings is 1. The van der Waals surface area contributed by atoms with Gasteiger partial charge in [-0.3, -0.25) is 4.79 Å². The molecule has 27 heavy (non-hydrogen) atoms. The molecule has 2 aromatic rings. The number of aromatic amines is 1. The molecule has 7 nitrogen and oxygen atoms in total. The summed E-state index contributed by atoms with van der Waals surface area (Å²) in [4.78, 5) is 21.6. The van der Waals surface area contributed by atoms with Crippen molar-refractivity contribution in [1.29, 1.82) is 0 Å². The number of rotatable bonds is 4. The number of fused-ring (bicyclic) bond motifs is 2. The first-order chi connectivity index (χ1) is 13.1. The second-order valence-electron chi connectivity index (χ2n) is 7.33. The smallest absolute Gasteiger partial charge is 0.239 e. The van der Waals surface area contributed by atoms with Gasteiger partial charge in [-0.25, -0.2) is 4.98 Å². The number of H-pyrrole nitrogens is 1. The van der Waals surface area contributed by atoms with Crippen LogP contribution >= 0.6 is 0 Å². The van der Waals surface area contributed by atoms with Crippen LogP contribution in [-0.2, 0) is 28.0 Å². The van der Waals surface area contributed by atoms with Gasteiger partial charge in [0.1, 0.15) is 5.75 Å². The lowest BCUT2D eigenvalue weighted by molar-refractivity contribution is -0.142. The molecule has 0 aliphatic carbocycles. The van der Waals surface area contributed by atoms with E-state index in [9.17, 15) is 4.79 Å². The molecule has 1 amide bonds. The fourth-order valence-electron chi connectivity index (χ4n) is 4.24.